The number of halogens is 1. The molecule has 0 amide bonds. The van der Waals surface area contributed by atoms with Crippen LogP contribution in [0.4, 0.5) is 4.39 Å². The maximum atomic E-state index is 14.7. The molecule has 0 saturated heterocycles. The molecule has 0 aliphatic carbocycles. The molecule has 0 bridgehead atoms. The fraction of sp³-hybridized carbons (Fsp3) is 0.393. The van der Waals surface area contributed by atoms with Gasteiger partial charge in [0.05, 0.1) is 5.69 Å². The lowest BCUT2D eigenvalue weighted by atomic mass is 10.0. The van der Waals surface area contributed by atoms with Crippen LogP contribution in [-0.4, -0.2) is 4.98 Å². The van der Waals surface area contributed by atoms with Crippen LogP contribution in [0, 0.1) is 5.82 Å². The summed E-state index contributed by atoms with van der Waals surface area (Å²) in [5.74, 6) is -0.178. The minimum Gasteiger partial charge on any atom is -0.256 e. The van der Waals surface area contributed by atoms with Gasteiger partial charge in [-0.2, -0.15) is 0 Å². The topological polar surface area (TPSA) is 12.9 Å². The number of nitrogens with zero attached hydrogens (tertiary/aromatic N) is 1. The molecule has 2 aromatic carbocycles. The lowest BCUT2D eigenvalue weighted by Gasteiger charge is -2.08. The molecule has 1 heterocycles. The van der Waals surface area contributed by atoms with Crippen LogP contribution in [0.3, 0.4) is 0 Å². The molecule has 3 rings (SSSR count). The maximum absolute atomic E-state index is 14.7. The van der Waals surface area contributed by atoms with Crippen molar-refractivity contribution in [1.29, 1.82) is 0 Å². The summed E-state index contributed by atoms with van der Waals surface area (Å²) >= 11 is 0. The average Bonchev–Trinajstić information content (AvgIpc) is 2.77. The van der Waals surface area contributed by atoms with E-state index in [9.17, 15) is 4.39 Å². The zero-order chi connectivity index (χ0) is 21.2. The van der Waals surface area contributed by atoms with Crippen LogP contribution < -0.4 is 0 Å². The Hall–Kier alpha value is -2.48. The Morgan fingerprint density at radius 3 is 2.03 bits per heavy atom. The van der Waals surface area contributed by atoms with E-state index in [0.29, 0.717) is 11.3 Å². The largest absolute Gasteiger partial charge is 0.256 e. The summed E-state index contributed by atoms with van der Waals surface area (Å²) in [6.07, 6.45) is 12.6. The Balaban J connectivity index is 1.61. The fourth-order valence-electron chi connectivity index (χ4n) is 3.91. The molecule has 0 aliphatic rings. The predicted octanol–water partition coefficient (Wildman–Crippen LogP) is 8.41. The molecule has 30 heavy (non-hydrogen) atoms. The average molecular weight is 404 g/mol. The summed E-state index contributed by atoms with van der Waals surface area (Å²) in [5.41, 5.74) is 5.89. The molecule has 0 N–H and O–H groups in total. The quantitative estimate of drug-likeness (QED) is 0.293. The Morgan fingerprint density at radius 2 is 1.37 bits per heavy atom. The SMILES string of the molecule is CCCCCCCCc1ccc(-c2ccc(-c3ccc(CCC)cc3)cn2)c(F)c1. The van der Waals surface area contributed by atoms with E-state index in [2.05, 4.69) is 43.1 Å². The molecule has 0 unspecified atom stereocenters. The first-order valence-electron chi connectivity index (χ1n) is 11.6. The monoisotopic (exact) mass is 403 g/mol. The minimum atomic E-state index is -0.178. The molecule has 0 radical (unpaired) electrons. The first-order valence-corrected chi connectivity index (χ1v) is 11.6. The maximum Gasteiger partial charge on any atom is 0.132 e. The van der Waals surface area contributed by atoms with Gasteiger partial charge >= 0.3 is 0 Å². The highest BCUT2D eigenvalue weighted by Crippen LogP contribution is 2.26. The molecule has 1 nitrogen and oxygen atoms in total. The van der Waals surface area contributed by atoms with Crippen molar-refractivity contribution in [3.05, 3.63) is 77.7 Å². The summed E-state index contributed by atoms with van der Waals surface area (Å²) < 4.78 is 14.7. The van der Waals surface area contributed by atoms with E-state index >= 15 is 0 Å². The van der Waals surface area contributed by atoms with Crippen molar-refractivity contribution in [3.8, 4) is 22.4 Å². The third-order valence-corrected chi connectivity index (χ3v) is 5.72. The third kappa shape index (κ3) is 6.26. The van der Waals surface area contributed by atoms with Crippen LogP contribution in [0.1, 0.15) is 69.9 Å². The van der Waals surface area contributed by atoms with Gasteiger partial charge in [-0.1, -0.05) is 88.8 Å². The van der Waals surface area contributed by atoms with Gasteiger partial charge in [0.25, 0.3) is 0 Å². The number of aromatic nitrogens is 1. The van der Waals surface area contributed by atoms with Gasteiger partial charge in [0.15, 0.2) is 0 Å². The van der Waals surface area contributed by atoms with Crippen molar-refractivity contribution in [2.75, 3.05) is 0 Å². The van der Waals surface area contributed by atoms with E-state index in [-0.39, 0.29) is 5.82 Å². The summed E-state index contributed by atoms with van der Waals surface area (Å²) in [5, 5.41) is 0. The lowest BCUT2D eigenvalue weighted by molar-refractivity contribution is 0.603. The molecular formula is C28H34FN. The molecule has 3 aromatic rings. The predicted molar refractivity (Wildman–Crippen MR) is 126 cm³/mol. The van der Waals surface area contributed by atoms with Gasteiger partial charge in [-0.25, -0.2) is 4.39 Å². The smallest absolute Gasteiger partial charge is 0.132 e. The fourth-order valence-corrected chi connectivity index (χ4v) is 3.91. The number of unbranched alkanes of at least 4 members (excludes halogenated alkanes) is 5. The number of rotatable bonds is 11. The molecule has 0 saturated carbocycles. The van der Waals surface area contributed by atoms with E-state index in [4.69, 9.17) is 0 Å². The first kappa shape index (κ1) is 22.2. The second-order valence-corrected chi connectivity index (χ2v) is 8.21. The molecule has 0 aliphatic heterocycles. The normalized spacial score (nSPS) is 11.0. The number of benzene rings is 2. The van der Waals surface area contributed by atoms with E-state index in [1.165, 1.54) is 37.7 Å². The molecule has 1 aromatic heterocycles. The van der Waals surface area contributed by atoms with Gasteiger partial charge in [-0.15, -0.1) is 0 Å². The van der Waals surface area contributed by atoms with E-state index < -0.39 is 0 Å². The Labute approximate surface area is 181 Å². The Bertz CT molecular complexity index is 897. The zero-order valence-electron chi connectivity index (χ0n) is 18.5. The second-order valence-electron chi connectivity index (χ2n) is 8.21. The number of aryl methyl sites for hydroxylation is 2. The van der Waals surface area contributed by atoms with E-state index in [1.54, 1.807) is 6.07 Å². The van der Waals surface area contributed by atoms with Gasteiger partial charge in [-0.3, -0.25) is 4.98 Å². The van der Waals surface area contributed by atoms with Gasteiger partial charge in [0, 0.05) is 17.3 Å². The first-order chi connectivity index (χ1) is 14.7. The number of pyridine rings is 1. The van der Waals surface area contributed by atoms with Gasteiger partial charge in [0.2, 0.25) is 0 Å². The Morgan fingerprint density at radius 1 is 0.667 bits per heavy atom. The van der Waals surface area contributed by atoms with Crippen LogP contribution in [-0.2, 0) is 12.8 Å². The molecule has 0 atom stereocenters. The highest BCUT2D eigenvalue weighted by atomic mass is 19.1. The van der Waals surface area contributed by atoms with E-state index in [1.807, 2.05) is 30.5 Å². The number of hydrogen-bond acceptors (Lipinski definition) is 1. The summed E-state index contributed by atoms with van der Waals surface area (Å²) in [4.78, 5) is 4.54. The van der Waals surface area contributed by atoms with Gasteiger partial charge < -0.3 is 0 Å². The zero-order valence-corrected chi connectivity index (χ0v) is 18.5. The molecule has 0 spiro atoms. The molecule has 158 valence electrons. The summed E-state index contributed by atoms with van der Waals surface area (Å²) in [7, 11) is 0. The molecule has 0 fully saturated rings. The van der Waals surface area contributed by atoms with Crippen LogP contribution in [0.25, 0.3) is 22.4 Å². The van der Waals surface area contributed by atoms with Gasteiger partial charge in [0.1, 0.15) is 5.82 Å². The van der Waals surface area contributed by atoms with Crippen LogP contribution in [0.15, 0.2) is 60.8 Å². The highest BCUT2D eigenvalue weighted by Gasteiger charge is 2.08. The lowest BCUT2D eigenvalue weighted by Crippen LogP contribution is -1.93. The standard InChI is InChI=1S/C28H34FN/c1-3-5-6-7-8-9-11-23-14-18-26(27(29)20-23)28-19-17-25(21-30-28)24-15-12-22(10-4-2)13-16-24/h12-21H,3-11H2,1-2H3. The molecular weight excluding hydrogens is 369 g/mol. The van der Waals surface area contributed by atoms with Crippen molar-refractivity contribution in [1.82, 2.24) is 4.98 Å². The van der Waals surface area contributed by atoms with Gasteiger partial charge in [-0.05, 0) is 54.2 Å². The second kappa shape index (κ2) is 11.6. The number of hydrogen-bond donors (Lipinski definition) is 0. The van der Waals surface area contributed by atoms with Crippen LogP contribution in [0.2, 0.25) is 0 Å². The highest BCUT2D eigenvalue weighted by molar-refractivity contribution is 5.67. The van der Waals surface area contributed by atoms with Crippen LogP contribution in [0.5, 0.6) is 0 Å². The third-order valence-electron chi connectivity index (χ3n) is 5.72. The van der Waals surface area contributed by atoms with Crippen LogP contribution >= 0.6 is 0 Å². The van der Waals surface area contributed by atoms with Crippen molar-refractivity contribution < 1.29 is 4.39 Å². The van der Waals surface area contributed by atoms with Crippen molar-refractivity contribution >= 4 is 0 Å². The van der Waals surface area contributed by atoms with Crippen molar-refractivity contribution in [2.24, 2.45) is 0 Å². The summed E-state index contributed by atoms with van der Waals surface area (Å²) in [6.45, 7) is 4.42. The minimum absolute atomic E-state index is 0.178. The summed E-state index contributed by atoms with van der Waals surface area (Å²) in [6, 6.07) is 18.2. The molecule has 2 heteroatoms. The van der Waals surface area contributed by atoms with Crippen molar-refractivity contribution in [2.45, 2.75) is 71.6 Å². The van der Waals surface area contributed by atoms with Crippen molar-refractivity contribution in [3.63, 3.8) is 0 Å². The van der Waals surface area contributed by atoms with E-state index in [0.717, 1.165) is 42.4 Å². The Kier molecular flexibility index (Phi) is 8.62.